The molecule has 0 aliphatic heterocycles. The van der Waals surface area contributed by atoms with E-state index >= 15 is 0 Å². The van der Waals surface area contributed by atoms with E-state index in [1.54, 1.807) is 37.3 Å². The monoisotopic (exact) mass is 512 g/mol. The minimum atomic E-state index is -4.02. The lowest BCUT2D eigenvalue weighted by Crippen LogP contribution is -2.18. The highest BCUT2D eigenvalue weighted by atomic mass is 32.2. The summed E-state index contributed by atoms with van der Waals surface area (Å²) in [5.41, 5.74) is 5.58. The second-order valence-electron chi connectivity index (χ2n) is 9.15. The quantitative estimate of drug-likeness (QED) is 0.260. The number of carbonyl (C=O) groups is 1. The zero-order valence-corrected chi connectivity index (χ0v) is 22.0. The van der Waals surface area contributed by atoms with Gasteiger partial charge in [-0.2, -0.15) is 0 Å². The van der Waals surface area contributed by atoms with E-state index in [0.717, 1.165) is 38.5 Å². The lowest BCUT2D eigenvalue weighted by atomic mass is 9.94. The van der Waals surface area contributed by atoms with Crippen LogP contribution in [0.3, 0.4) is 0 Å². The van der Waals surface area contributed by atoms with Gasteiger partial charge in [-0.15, -0.1) is 0 Å². The summed E-state index contributed by atoms with van der Waals surface area (Å²) in [6, 6.07) is 24.1. The number of nitrogens with one attached hydrogen (secondary N) is 1. The van der Waals surface area contributed by atoms with Crippen LogP contribution in [0.2, 0.25) is 0 Å². The topological polar surface area (TPSA) is 77.4 Å². The molecule has 4 aromatic carbocycles. The van der Waals surface area contributed by atoms with Crippen LogP contribution in [0.15, 0.2) is 83.8 Å². The fourth-order valence-electron chi connectivity index (χ4n) is 4.71. The van der Waals surface area contributed by atoms with Crippen LogP contribution in [0.1, 0.15) is 28.4 Å². The van der Waals surface area contributed by atoms with E-state index in [1.807, 2.05) is 74.0 Å². The Hall–Kier alpha value is -4.10. The number of sulfonamides is 1. The zero-order valence-electron chi connectivity index (χ0n) is 21.2. The van der Waals surface area contributed by atoms with Crippen molar-refractivity contribution in [2.24, 2.45) is 7.05 Å². The SMILES string of the molecule is CCOC(=O)c1cc2c(c(-c3ccc(C)cc3)c1NS(=O)(=O)c1ccc(C)cc1)c1ccccc1n2C. The molecule has 0 saturated heterocycles. The van der Waals surface area contributed by atoms with Gasteiger partial charge in [-0.1, -0.05) is 65.7 Å². The Kier molecular flexibility index (Phi) is 6.25. The van der Waals surface area contributed by atoms with Crippen molar-refractivity contribution in [2.45, 2.75) is 25.7 Å². The maximum atomic E-state index is 13.6. The van der Waals surface area contributed by atoms with Crippen molar-refractivity contribution in [2.75, 3.05) is 11.3 Å². The van der Waals surface area contributed by atoms with E-state index < -0.39 is 16.0 Å². The van der Waals surface area contributed by atoms with E-state index in [-0.39, 0.29) is 22.8 Å². The maximum Gasteiger partial charge on any atom is 0.340 e. The van der Waals surface area contributed by atoms with E-state index in [4.69, 9.17) is 4.74 Å². The summed E-state index contributed by atoms with van der Waals surface area (Å²) in [4.78, 5) is 13.4. The third-order valence-electron chi connectivity index (χ3n) is 6.61. The van der Waals surface area contributed by atoms with Crippen LogP contribution >= 0.6 is 0 Å². The average Bonchev–Trinajstić information content (AvgIpc) is 3.16. The Morgan fingerprint density at radius 3 is 2.16 bits per heavy atom. The maximum absolute atomic E-state index is 13.6. The number of carbonyl (C=O) groups excluding carboxylic acids is 1. The minimum absolute atomic E-state index is 0.112. The molecule has 188 valence electrons. The molecule has 0 aliphatic carbocycles. The van der Waals surface area contributed by atoms with Crippen LogP contribution < -0.4 is 4.72 Å². The number of aryl methyl sites for hydroxylation is 3. The first-order valence-corrected chi connectivity index (χ1v) is 13.6. The van der Waals surface area contributed by atoms with Gasteiger partial charge in [0.05, 0.1) is 28.3 Å². The first-order chi connectivity index (χ1) is 17.7. The highest BCUT2D eigenvalue weighted by Crippen LogP contribution is 2.44. The van der Waals surface area contributed by atoms with Gasteiger partial charge in [0.15, 0.2) is 0 Å². The fraction of sp³-hybridized carbons (Fsp3) is 0.167. The predicted molar refractivity (Wildman–Crippen MR) is 149 cm³/mol. The van der Waals surface area contributed by atoms with Gasteiger partial charge in [-0.05, 0) is 50.6 Å². The number of esters is 1. The number of ether oxygens (including phenoxy) is 1. The normalized spacial score (nSPS) is 11.7. The van der Waals surface area contributed by atoms with Gasteiger partial charge in [0, 0.05) is 28.9 Å². The van der Waals surface area contributed by atoms with E-state index in [0.29, 0.717) is 5.56 Å². The van der Waals surface area contributed by atoms with E-state index in [2.05, 4.69) is 4.72 Å². The summed E-state index contributed by atoms with van der Waals surface area (Å²) in [5, 5.41) is 1.82. The summed E-state index contributed by atoms with van der Waals surface area (Å²) >= 11 is 0. The van der Waals surface area contributed by atoms with Crippen LogP contribution in [0.4, 0.5) is 5.69 Å². The third kappa shape index (κ3) is 4.36. The van der Waals surface area contributed by atoms with Crippen LogP contribution in [0.5, 0.6) is 0 Å². The molecule has 0 fully saturated rings. The smallest absolute Gasteiger partial charge is 0.340 e. The number of rotatable bonds is 6. The van der Waals surface area contributed by atoms with Crippen molar-refractivity contribution in [1.29, 1.82) is 0 Å². The van der Waals surface area contributed by atoms with Crippen LogP contribution in [-0.4, -0.2) is 25.6 Å². The first-order valence-electron chi connectivity index (χ1n) is 12.1. The lowest BCUT2D eigenvalue weighted by Gasteiger charge is -2.19. The van der Waals surface area contributed by atoms with Gasteiger partial charge in [-0.25, -0.2) is 13.2 Å². The Morgan fingerprint density at radius 1 is 0.892 bits per heavy atom. The Labute approximate surface area is 216 Å². The third-order valence-corrected chi connectivity index (χ3v) is 7.97. The molecule has 0 aliphatic rings. The predicted octanol–water partition coefficient (Wildman–Crippen LogP) is 6.59. The summed E-state index contributed by atoms with van der Waals surface area (Å²) < 4.78 is 37.4. The molecule has 1 aromatic heterocycles. The molecule has 7 heteroatoms. The number of anilines is 1. The van der Waals surface area contributed by atoms with Gasteiger partial charge in [0.2, 0.25) is 0 Å². The molecule has 0 bridgehead atoms. The van der Waals surface area contributed by atoms with Crippen LogP contribution in [0.25, 0.3) is 32.9 Å². The van der Waals surface area contributed by atoms with Crippen molar-refractivity contribution < 1.29 is 17.9 Å². The van der Waals surface area contributed by atoms with Crippen molar-refractivity contribution in [3.8, 4) is 11.1 Å². The number of nitrogens with zero attached hydrogens (tertiary/aromatic N) is 1. The molecule has 6 nitrogen and oxygen atoms in total. The van der Waals surface area contributed by atoms with Gasteiger partial charge in [0.25, 0.3) is 10.0 Å². The van der Waals surface area contributed by atoms with Gasteiger partial charge >= 0.3 is 5.97 Å². The van der Waals surface area contributed by atoms with Gasteiger partial charge < -0.3 is 9.30 Å². The average molecular weight is 513 g/mol. The first kappa shape index (κ1) is 24.6. The number of hydrogen-bond acceptors (Lipinski definition) is 4. The highest BCUT2D eigenvalue weighted by Gasteiger charge is 2.27. The summed E-state index contributed by atoms with van der Waals surface area (Å²) in [5.74, 6) is -0.593. The van der Waals surface area contributed by atoms with Crippen LogP contribution in [0, 0.1) is 13.8 Å². The van der Waals surface area contributed by atoms with Crippen LogP contribution in [-0.2, 0) is 21.8 Å². The molecule has 0 unspecified atom stereocenters. The summed E-state index contributed by atoms with van der Waals surface area (Å²) in [6.07, 6.45) is 0. The second kappa shape index (κ2) is 9.41. The molecule has 0 atom stereocenters. The molecular formula is C30H28N2O4S. The largest absolute Gasteiger partial charge is 0.462 e. The fourth-order valence-corrected chi connectivity index (χ4v) is 5.80. The highest BCUT2D eigenvalue weighted by molar-refractivity contribution is 7.92. The van der Waals surface area contributed by atoms with Crippen molar-refractivity contribution in [3.05, 3.63) is 95.6 Å². The summed E-state index contributed by atoms with van der Waals surface area (Å²) in [6.45, 7) is 5.78. The minimum Gasteiger partial charge on any atom is -0.462 e. The molecule has 5 aromatic rings. The van der Waals surface area contributed by atoms with Gasteiger partial charge in [-0.3, -0.25) is 4.72 Å². The zero-order chi connectivity index (χ0) is 26.3. The standard InChI is InChI=1S/C30H28N2O4S/c1-5-36-30(33)24-18-26-28(23-8-6-7-9-25(23)32(26)4)27(21-14-10-19(2)11-15-21)29(24)31-37(34,35)22-16-12-20(3)13-17-22/h6-18,31H,5H2,1-4H3. The number of aromatic nitrogens is 1. The molecule has 0 spiro atoms. The molecule has 37 heavy (non-hydrogen) atoms. The van der Waals surface area contributed by atoms with Gasteiger partial charge in [0.1, 0.15) is 0 Å². The molecule has 0 radical (unpaired) electrons. The van der Waals surface area contributed by atoms with E-state index in [1.165, 1.54) is 0 Å². The summed E-state index contributed by atoms with van der Waals surface area (Å²) in [7, 11) is -2.08. The molecule has 1 heterocycles. The molecule has 5 rings (SSSR count). The number of hydrogen-bond donors (Lipinski definition) is 1. The molecular weight excluding hydrogens is 484 g/mol. The number of fused-ring (bicyclic) bond motifs is 3. The molecule has 0 amide bonds. The van der Waals surface area contributed by atoms with Crippen molar-refractivity contribution in [3.63, 3.8) is 0 Å². The Bertz CT molecular complexity index is 1750. The number of benzene rings is 4. The van der Waals surface area contributed by atoms with E-state index in [9.17, 15) is 13.2 Å². The lowest BCUT2D eigenvalue weighted by molar-refractivity contribution is 0.0528. The molecule has 1 N–H and O–H groups in total. The number of para-hydroxylation sites is 1. The second-order valence-corrected chi connectivity index (χ2v) is 10.8. The van der Waals surface area contributed by atoms with Crippen molar-refractivity contribution >= 4 is 43.5 Å². The van der Waals surface area contributed by atoms with Crippen molar-refractivity contribution in [1.82, 2.24) is 4.57 Å². The Balaban J connectivity index is 1.90. The Morgan fingerprint density at radius 2 is 1.51 bits per heavy atom. The molecule has 0 saturated carbocycles.